The molecule has 2 heterocycles. The number of ether oxygens (including phenoxy) is 2. The van der Waals surface area contributed by atoms with Crippen molar-refractivity contribution >= 4 is 27.0 Å². The van der Waals surface area contributed by atoms with Gasteiger partial charge in [0.15, 0.2) is 0 Å². The molecule has 10 heteroatoms. The summed E-state index contributed by atoms with van der Waals surface area (Å²) in [6, 6.07) is 19.6. The van der Waals surface area contributed by atoms with Crippen molar-refractivity contribution in [3.63, 3.8) is 0 Å². The highest BCUT2D eigenvalue weighted by atomic mass is 32.2. The van der Waals surface area contributed by atoms with Crippen LogP contribution in [0.5, 0.6) is 5.75 Å². The summed E-state index contributed by atoms with van der Waals surface area (Å²) >= 11 is 0. The Morgan fingerprint density at radius 3 is 2.52 bits per heavy atom. The number of amides is 1. The summed E-state index contributed by atoms with van der Waals surface area (Å²) in [5.41, 5.74) is 1.90. The average molecular weight is 560 g/mol. The van der Waals surface area contributed by atoms with Crippen molar-refractivity contribution in [2.24, 2.45) is 0 Å². The van der Waals surface area contributed by atoms with Gasteiger partial charge in [0.2, 0.25) is 0 Å². The van der Waals surface area contributed by atoms with E-state index in [9.17, 15) is 23.6 Å². The Balaban J connectivity index is 1.72. The van der Waals surface area contributed by atoms with Crippen molar-refractivity contribution in [2.75, 3.05) is 6.61 Å². The second-order valence-electron chi connectivity index (χ2n) is 10.7. The fraction of sp³-hybridized carbons (Fsp3) is 0.267. The van der Waals surface area contributed by atoms with Gasteiger partial charge in [0.1, 0.15) is 18.0 Å². The number of aliphatic hydroxyl groups is 1. The fourth-order valence-electron chi connectivity index (χ4n) is 4.77. The van der Waals surface area contributed by atoms with Crippen molar-refractivity contribution in [1.82, 2.24) is 9.29 Å². The third-order valence-electron chi connectivity index (χ3n) is 6.53. The summed E-state index contributed by atoms with van der Waals surface area (Å²) in [5.74, 6) is 0.453. The van der Waals surface area contributed by atoms with Crippen LogP contribution in [-0.2, 0) is 14.8 Å². The molecule has 3 aromatic carbocycles. The third-order valence-corrected chi connectivity index (χ3v) is 8.27. The van der Waals surface area contributed by atoms with Crippen LogP contribution < -0.4 is 10.1 Å². The first-order valence-electron chi connectivity index (χ1n) is 12.7. The van der Waals surface area contributed by atoms with E-state index in [0.29, 0.717) is 39.0 Å². The van der Waals surface area contributed by atoms with Crippen molar-refractivity contribution in [3.05, 3.63) is 83.4 Å². The quantitative estimate of drug-likeness (QED) is 0.333. The minimum atomic E-state index is -4.10. The molecule has 5 rings (SSSR count). The number of aliphatic hydroxyl groups excluding tert-OH is 1. The molecule has 2 N–H and O–H groups in total. The van der Waals surface area contributed by atoms with Gasteiger partial charge in [-0.2, -0.15) is 5.26 Å². The van der Waals surface area contributed by atoms with E-state index in [-0.39, 0.29) is 17.1 Å². The minimum absolute atomic E-state index is 0.0897. The molecule has 4 aromatic rings. The fourth-order valence-corrected chi connectivity index (χ4v) is 6.32. The Morgan fingerprint density at radius 2 is 1.88 bits per heavy atom. The molecular weight excluding hydrogens is 530 g/mol. The number of nitrogens with zero attached hydrogens (tertiary/aromatic N) is 2. The predicted molar refractivity (Wildman–Crippen MR) is 149 cm³/mol. The van der Waals surface area contributed by atoms with Gasteiger partial charge in [-0.05, 0) is 75.7 Å². The molecule has 1 aliphatic rings. The number of alkyl carbamates (subject to hydrolysis) is 1. The minimum Gasteiger partial charge on any atom is -0.490 e. The molecule has 1 unspecified atom stereocenters. The second kappa shape index (κ2) is 10.0. The zero-order chi connectivity index (χ0) is 28.8. The van der Waals surface area contributed by atoms with Gasteiger partial charge < -0.3 is 19.9 Å². The number of hydrogen-bond donors (Lipinski definition) is 2. The van der Waals surface area contributed by atoms with Crippen molar-refractivity contribution < 1.29 is 27.8 Å². The smallest absolute Gasteiger partial charge is 0.408 e. The molecule has 0 bridgehead atoms. The van der Waals surface area contributed by atoms with Gasteiger partial charge in [-0.15, -0.1) is 0 Å². The average Bonchev–Trinajstić information content (AvgIpc) is 3.49. The SMILES string of the molecule is CC(O)c1cc(C#N)cc(-c2cc3c4c(ccc3n2S(=O)(=O)c2ccccc2)[C@H](NC(=O)OC(C)(C)C)CO4)c1. The molecule has 40 heavy (non-hydrogen) atoms. The highest BCUT2D eigenvalue weighted by Crippen LogP contribution is 2.43. The molecule has 2 atom stereocenters. The Bertz CT molecular complexity index is 1760. The number of carbonyl (C=O) groups is 1. The third kappa shape index (κ3) is 5.01. The van der Waals surface area contributed by atoms with Crippen molar-refractivity contribution in [2.45, 2.75) is 50.3 Å². The zero-order valence-corrected chi connectivity index (χ0v) is 23.3. The first kappa shape index (κ1) is 27.2. The van der Waals surface area contributed by atoms with Crippen LogP contribution >= 0.6 is 0 Å². The molecule has 1 aliphatic heterocycles. The highest BCUT2D eigenvalue weighted by molar-refractivity contribution is 7.90. The Labute approximate surface area is 232 Å². The number of benzene rings is 3. The van der Waals surface area contributed by atoms with Crippen molar-refractivity contribution in [1.29, 1.82) is 5.26 Å². The van der Waals surface area contributed by atoms with Crippen LogP contribution in [0.1, 0.15) is 56.5 Å². The maximum atomic E-state index is 14.1. The normalized spacial score (nSPS) is 15.7. The van der Waals surface area contributed by atoms with Gasteiger partial charge in [0.25, 0.3) is 10.0 Å². The summed E-state index contributed by atoms with van der Waals surface area (Å²) < 4.78 is 40.7. The number of fused-ring (bicyclic) bond motifs is 3. The molecule has 0 radical (unpaired) electrons. The van der Waals surface area contributed by atoms with Gasteiger partial charge in [-0.1, -0.05) is 24.3 Å². The number of nitriles is 1. The van der Waals surface area contributed by atoms with E-state index in [2.05, 4.69) is 11.4 Å². The van der Waals surface area contributed by atoms with Crippen LogP contribution in [0.4, 0.5) is 4.79 Å². The van der Waals surface area contributed by atoms with Crippen LogP contribution in [0, 0.1) is 11.3 Å². The molecule has 0 spiro atoms. The van der Waals surface area contributed by atoms with Crippen LogP contribution in [0.15, 0.2) is 71.6 Å². The van der Waals surface area contributed by atoms with Crippen LogP contribution in [0.2, 0.25) is 0 Å². The molecule has 206 valence electrons. The largest absolute Gasteiger partial charge is 0.490 e. The summed E-state index contributed by atoms with van der Waals surface area (Å²) in [5, 5.41) is 23.3. The number of hydrogen-bond acceptors (Lipinski definition) is 7. The van der Waals surface area contributed by atoms with Gasteiger partial charge in [0.05, 0.1) is 39.9 Å². The predicted octanol–water partition coefficient (Wildman–Crippen LogP) is 5.43. The maximum Gasteiger partial charge on any atom is 0.408 e. The van der Waals surface area contributed by atoms with E-state index in [1.54, 1.807) is 82.3 Å². The van der Waals surface area contributed by atoms with Crippen LogP contribution in [0.25, 0.3) is 22.2 Å². The molecule has 0 fully saturated rings. The molecule has 9 nitrogen and oxygen atoms in total. The first-order chi connectivity index (χ1) is 18.9. The maximum absolute atomic E-state index is 14.1. The lowest BCUT2D eigenvalue weighted by Crippen LogP contribution is -2.35. The second-order valence-corrected chi connectivity index (χ2v) is 12.5. The van der Waals surface area contributed by atoms with E-state index in [1.165, 1.54) is 16.1 Å². The Kier molecular flexibility index (Phi) is 6.82. The van der Waals surface area contributed by atoms with E-state index in [4.69, 9.17) is 9.47 Å². The topological polar surface area (TPSA) is 131 Å². The van der Waals surface area contributed by atoms with Crippen LogP contribution in [-0.4, -0.2) is 35.8 Å². The molecule has 0 saturated carbocycles. The molecule has 0 saturated heterocycles. The van der Waals surface area contributed by atoms with E-state index < -0.39 is 33.9 Å². The van der Waals surface area contributed by atoms with Crippen molar-refractivity contribution in [3.8, 4) is 23.1 Å². The number of aromatic nitrogens is 1. The molecule has 1 aromatic heterocycles. The number of rotatable bonds is 5. The highest BCUT2D eigenvalue weighted by Gasteiger charge is 2.32. The standard InChI is InChI=1S/C30H29N3O6S/c1-18(34)20-12-19(16-31)13-21(14-20)27-15-24-26(33(27)40(36,37)22-8-6-5-7-9-22)11-10-23-25(17-38-28(23)24)32-29(35)39-30(2,3)4/h5-15,18,25,34H,17H2,1-4H3,(H,32,35)/t18?,25-/m1/s1. The Morgan fingerprint density at radius 1 is 1.15 bits per heavy atom. The molecule has 1 amide bonds. The van der Waals surface area contributed by atoms with Crippen LogP contribution in [0.3, 0.4) is 0 Å². The van der Waals surface area contributed by atoms with Gasteiger partial charge in [0, 0.05) is 16.5 Å². The summed E-state index contributed by atoms with van der Waals surface area (Å²) in [6.45, 7) is 7.05. The number of carbonyl (C=O) groups excluding carboxylic acids is 1. The first-order valence-corrected chi connectivity index (χ1v) is 14.2. The lowest BCUT2D eigenvalue weighted by molar-refractivity contribution is 0.0497. The lowest BCUT2D eigenvalue weighted by atomic mass is 10.0. The summed E-state index contributed by atoms with van der Waals surface area (Å²) in [6.07, 6.45) is -1.46. The Hall–Kier alpha value is -4.33. The molecule has 0 aliphatic carbocycles. The van der Waals surface area contributed by atoms with E-state index in [1.807, 2.05) is 0 Å². The monoisotopic (exact) mass is 559 g/mol. The summed E-state index contributed by atoms with van der Waals surface area (Å²) in [7, 11) is -4.10. The zero-order valence-electron chi connectivity index (χ0n) is 22.5. The van der Waals surface area contributed by atoms with E-state index in [0.717, 1.165) is 0 Å². The molecular formula is C30H29N3O6S. The lowest BCUT2D eigenvalue weighted by Gasteiger charge is -2.21. The van der Waals surface area contributed by atoms with Gasteiger partial charge in [-0.3, -0.25) is 0 Å². The van der Waals surface area contributed by atoms with E-state index >= 15 is 0 Å². The van der Waals surface area contributed by atoms with Gasteiger partial charge in [-0.25, -0.2) is 17.2 Å². The summed E-state index contributed by atoms with van der Waals surface area (Å²) in [4.78, 5) is 12.5. The van der Waals surface area contributed by atoms with Gasteiger partial charge >= 0.3 is 6.09 Å². The number of nitrogens with one attached hydrogen (secondary N) is 1.